The normalized spacial score (nSPS) is 13.4. The Morgan fingerprint density at radius 2 is 1.80 bits per heavy atom. The van der Waals surface area contributed by atoms with Crippen LogP contribution in [0, 0.1) is 5.92 Å². The Hall–Kier alpha value is -1.44. The van der Waals surface area contributed by atoms with E-state index in [-0.39, 0.29) is 23.8 Å². The molecule has 20 heavy (non-hydrogen) atoms. The van der Waals surface area contributed by atoms with Crippen molar-refractivity contribution in [2.75, 3.05) is 6.54 Å². The van der Waals surface area contributed by atoms with Gasteiger partial charge < -0.3 is 10.2 Å². The molecule has 112 valence electrons. The fraction of sp³-hybridized carbons (Fsp3) is 0.462. The van der Waals surface area contributed by atoms with Gasteiger partial charge in [0.15, 0.2) is 0 Å². The number of sulfonamides is 1. The molecule has 1 aromatic rings. The lowest BCUT2D eigenvalue weighted by Crippen LogP contribution is -2.35. The fourth-order valence-electron chi connectivity index (χ4n) is 1.46. The van der Waals surface area contributed by atoms with Crippen LogP contribution in [0.4, 0.5) is 0 Å². The summed E-state index contributed by atoms with van der Waals surface area (Å²) >= 11 is 0. The number of aromatic carboxylic acids is 1. The number of rotatable bonds is 7. The first-order valence-electron chi connectivity index (χ1n) is 6.19. The van der Waals surface area contributed by atoms with Gasteiger partial charge >= 0.3 is 5.97 Å². The van der Waals surface area contributed by atoms with Crippen LogP contribution in [0.2, 0.25) is 0 Å². The number of aliphatic hydroxyl groups is 1. The molecule has 0 aliphatic rings. The smallest absolute Gasteiger partial charge is 0.335 e. The number of benzene rings is 1. The second kappa shape index (κ2) is 6.83. The molecule has 0 fully saturated rings. The largest absolute Gasteiger partial charge is 0.478 e. The molecule has 7 heteroatoms. The summed E-state index contributed by atoms with van der Waals surface area (Å²) in [6.45, 7) is 3.56. The highest BCUT2D eigenvalue weighted by molar-refractivity contribution is 7.88. The van der Waals surface area contributed by atoms with Crippen LogP contribution in [0.3, 0.4) is 0 Å². The Morgan fingerprint density at radius 3 is 2.25 bits per heavy atom. The molecule has 3 N–H and O–H groups in total. The predicted octanol–water partition coefficient (Wildman–Crippen LogP) is 0.821. The van der Waals surface area contributed by atoms with Gasteiger partial charge in [-0.2, -0.15) is 0 Å². The molecule has 0 saturated heterocycles. The van der Waals surface area contributed by atoms with Crippen LogP contribution in [0.15, 0.2) is 24.3 Å². The van der Waals surface area contributed by atoms with Gasteiger partial charge in [-0.3, -0.25) is 0 Å². The Bertz CT molecular complexity index is 551. The highest BCUT2D eigenvalue weighted by atomic mass is 32.2. The molecule has 1 atom stereocenters. The first-order valence-corrected chi connectivity index (χ1v) is 7.84. The topological polar surface area (TPSA) is 104 Å². The van der Waals surface area contributed by atoms with Gasteiger partial charge in [0, 0.05) is 6.54 Å². The standard InChI is InChI=1S/C13H19NO5S/c1-9(2)12(15)7-14-20(18,19)8-10-3-5-11(6-4-10)13(16)17/h3-6,9,12,14-15H,7-8H2,1-2H3,(H,16,17). The monoisotopic (exact) mass is 301 g/mol. The van der Waals surface area contributed by atoms with Crippen LogP contribution in [-0.4, -0.2) is 37.2 Å². The predicted molar refractivity (Wildman–Crippen MR) is 74.9 cm³/mol. The van der Waals surface area contributed by atoms with Crippen molar-refractivity contribution in [2.24, 2.45) is 5.92 Å². The molecule has 0 amide bonds. The SMILES string of the molecule is CC(C)C(O)CNS(=O)(=O)Cc1ccc(C(=O)O)cc1. The van der Waals surface area contributed by atoms with Gasteiger partial charge in [0.1, 0.15) is 0 Å². The summed E-state index contributed by atoms with van der Waals surface area (Å²) in [7, 11) is -3.55. The van der Waals surface area contributed by atoms with Gasteiger partial charge in [-0.25, -0.2) is 17.9 Å². The quantitative estimate of drug-likeness (QED) is 0.692. The van der Waals surface area contributed by atoms with Crippen molar-refractivity contribution in [1.82, 2.24) is 4.72 Å². The maximum Gasteiger partial charge on any atom is 0.335 e. The van der Waals surface area contributed by atoms with E-state index in [9.17, 15) is 18.3 Å². The third-order valence-electron chi connectivity index (χ3n) is 2.84. The van der Waals surface area contributed by atoms with Gasteiger partial charge in [-0.15, -0.1) is 0 Å². The Morgan fingerprint density at radius 1 is 1.25 bits per heavy atom. The van der Waals surface area contributed by atoms with Gasteiger partial charge in [0.05, 0.1) is 17.4 Å². The van der Waals surface area contributed by atoms with Crippen LogP contribution < -0.4 is 4.72 Å². The van der Waals surface area contributed by atoms with E-state index < -0.39 is 22.1 Å². The van der Waals surface area contributed by atoms with E-state index in [1.807, 2.05) is 0 Å². The number of carboxylic acids is 1. The van der Waals surface area contributed by atoms with E-state index in [1.54, 1.807) is 13.8 Å². The van der Waals surface area contributed by atoms with Crippen molar-refractivity contribution in [3.8, 4) is 0 Å². The molecule has 1 rings (SSSR count). The Balaban J connectivity index is 2.64. The molecule has 0 bridgehead atoms. The molecule has 0 aliphatic heterocycles. The minimum Gasteiger partial charge on any atom is -0.478 e. The Kier molecular flexibility index (Phi) is 5.67. The number of carbonyl (C=O) groups is 1. The first kappa shape index (κ1) is 16.6. The average Bonchev–Trinajstić information content (AvgIpc) is 2.36. The maximum atomic E-state index is 11.8. The third kappa shape index (κ3) is 5.28. The fourth-order valence-corrected chi connectivity index (χ4v) is 2.62. The molecule has 0 saturated carbocycles. The summed E-state index contributed by atoms with van der Waals surface area (Å²) in [5.41, 5.74) is 0.593. The van der Waals surface area contributed by atoms with Crippen molar-refractivity contribution in [3.05, 3.63) is 35.4 Å². The number of hydrogen-bond acceptors (Lipinski definition) is 4. The van der Waals surface area contributed by atoms with Crippen LogP contribution in [0.25, 0.3) is 0 Å². The van der Waals surface area contributed by atoms with Crippen molar-refractivity contribution in [2.45, 2.75) is 25.7 Å². The summed E-state index contributed by atoms with van der Waals surface area (Å²) in [5.74, 6) is -1.34. The van der Waals surface area contributed by atoms with E-state index in [0.717, 1.165) is 0 Å². The van der Waals surface area contributed by atoms with Crippen LogP contribution in [0.1, 0.15) is 29.8 Å². The number of aliphatic hydroxyl groups excluding tert-OH is 1. The summed E-state index contributed by atoms with van der Waals surface area (Å²) < 4.78 is 25.9. The zero-order valence-corrected chi connectivity index (χ0v) is 12.2. The molecular weight excluding hydrogens is 282 g/mol. The molecule has 1 aromatic carbocycles. The number of hydrogen-bond donors (Lipinski definition) is 3. The second-order valence-corrected chi connectivity index (χ2v) is 6.73. The van der Waals surface area contributed by atoms with Gasteiger partial charge in [0.25, 0.3) is 0 Å². The molecule has 0 heterocycles. The van der Waals surface area contributed by atoms with Crippen LogP contribution in [-0.2, 0) is 15.8 Å². The number of nitrogens with one attached hydrogen (secondary N) is 1. The molecule has 0 aliphatic carbocycles. The molecule has 0 aromatic heterocycles. The molecular formula is C13H19NO5S. The maximum absolute atomic E-state index is 11.8. The van der Waals surface area contributed by atoms with Crippen molar-refractivity contribution in [3.63, 3.8) is 0 Å². The van der Waals surface area contributed by atoms with Gasteiger partial charge in [-0.1, -0.05) is 26.0 Å². The van der Waals surface area contributed by atoms with Gasteiger partial charge in [-0.05, 0) is 23.6 Å². The van der Waals surface area contributed by atoms with E-state index in [4.69, 9.17) is 5.11 Å². The Labute approximate surface area is 118 Å². The molecule has 1 unspecified atom stereocenters. The van der Waals surface area contributed by atoms with Crippen LogP contribution >= 0.6 is 0 Å². The zero-order valence-electron chi connectivity index (χ0n) is 11.4. The molecule has 0 radical (unpaired) electrons. The minimum atomic E-state index is -3.55. The number of carboxylic acid groups (broad SMARTS) is 1. The van der Waals surface area contributed by atoms with Gasteiger partial charge in [0.2, 0.25) is 10.0 Å². The highest BCUT2D eigenvalue weighted by Crippen LogP contribution is 2.08. The molecule has 0 spiro atoms. The lowest BCUT2D eigenvalue weighted by molar-refractivity contribution is 0.0697. The summed E-state index contributed by atoms with van der Waals surface area (Å²) in [6, 6.07) is 5.63. The summed E-state index contributed by atoms with van der Waals surface area (Å²) in [5, 5.41) is 18.3. The van der Waals surface area contributed by atoms with Crippen molar-refractivity contribution >= 4 is 16.0 Å². The third-order valence-corrected chi connectivity index (χ3v) is 4.16. The lowest BCUT2D eigenvalue weighted by atomic mass is 10.1. The van der Waals surface area contributed by atoms with E-state index in [2.05, 4.69) is 4.72 Å². The lowest BCUT2D eigenvalue weighted by Gasteiger charge is -2.15. The second-order valence-electron chi connectivity index (χ2n) is 4.92. The van der Waals surface area contributed by atoms with E-state index >= 15 is 0 Å². The zero-order chi connectivity index (χ0) is 15.3. The van der Waals surface area contributed by atoms with Crippen molar-refractivity contribution in [1.29, 1.82) is 0 Å². The van der Waals surface area contributed by atoms with Crippen LogP contribution in [0.5, 0.6) is 0 Å². The summed E-state index contributed by atoms with van der Waals surface area (Å²) in [6.07, 6.45) is -0.737. The molecule has 6 nitrogen and oxygen atoms in total. The average molecular weight is 301 g/mol. The summed E-state index contributed by atoms with van der Waals surface area (Å²) in [4.78, 5) is 10.7. The minimum absolute atomic E-state index is 0.0345. The van der Waals surface area contributed by atoms with E-state index in [0.29, 0.717) is 5.56 Å². The first-order chi connectivity index (χ1) is 9.21. The van der Waals surface area contributed by atoms with Crippen molar-refractivity contribution < 1.29 is 23.4 Å². The highest BCUT2D eigenvalue weighted by Gasteiger charge is 2.16. The van der Waals surface area contributed by atoms with E-state index in [1.165, 1.54) is 24.3 Å².